The first-order valence-electron chi connectivity index (χ1n) is 10.3. The van der Waals surface area contributed by atoms with E-state index in [-0.39, 0.29) is 12.4 Å². The summed E-state index contributed by atoms with van der Waals surface area (Å²) in [6, 6.07) is 16.8. The third-order valence-electron chi connectivity index (χ3n) is 5.98. The Morgan fingerprint density at radius 1 is 1.19 bits per heavy atom. The summed E-state index contributed by atoms with van der Waals surface area (Å²) in [5.41, 5.74) is 10.1. The summed E-state index contributed by atoms with van der Waals surface area (Å²) in [6.07, 6.45) is 1.96. The third-order valence-corrected chi connectivity index (χ3v) is 6.27. The number of nitriles is 2. The molecule has 0 fully saturated rings. The molecule has 0 unspecified atom stereocenters. The second-order valence-corrected chi connectivity index (χ2v) is 8.19. The van der Waals surface area contributed by atoms with E-state index in [0.29, 0.717) is 39.7 Å². The maximum Gasteiger partial charge on any atom is 0.161 e. The van der Waals surface area contributed by atoms with Crippen molar-refractivity contribution in [3.63, 3.8) is 0 Å². The molecule has 0 saturated carbocycles. The number of ketones is 1. The topological polar surface area (TPSA) is 103 Å². The molecular weight excluding hydrogens is 424 g/mol. The Morgan fingerprint density at radius 3 is 2.69 bits per heavy atom. The largest absolute Gasteiger partial charge is 0.487 e. The minimum absolute atomic E-state index is 0.0351. The van der Waals surface area contributed by atoms with Gasteiger partial charge in [-0.15, -0.1) is 0 Å². The highest BCUT2D eigenvalue weighted by molar-refractivity contribution is 6.32. The molecule has 2 N–H and O–H groups in total. The molecule has 0 radical (unpaired) electrons. The van der Waals surface area contributed by atoms with Crippen molar-refractivity contribution in [1.29, 1.82) is 10.5 Å². The maximum absolute atomic E-state index is 12.9. The molecular formula is C25H21ClN4O2. The monoisotopic (exact) mass is 444 g/mol. The second kappa shape index (κ2) is 8.78. The zero-order valence-corrected chi connectivity index (χ0v) is 18.3. The van der Waals surface area contributed by atoms with Gasteiger partial charge in [0.25, 0.3) is 0 Å². The smallest absolute Gasteiger partial charge is 0.161 e. The lowest BCUT2D eigenvalue weighted by Crippen LogP contribution is -2.36. The minimum Gasteiger partial charge on any atom is -0.487 e. The van der Waals surface area contributed by atoms with Crippen LogP contribution in [0.15, 0.2) is 65.1 Å². The lowest BCUT2D eigenvalue weighted by Gasteiger charge is -2.37. The van der Waals surface area contributed by atoms with Crippen molar-refractivity contribution in [2.45, 2.75) is 31.8 Å². The molecule has 0 bridgehead atoms. The number of rotatable bonds is 4. The fraction of sp³-hybridized carbons (Fsp3) is 0.240. The predicted octanol–water partition coefficient (Wildman–Crippen LogP) is 4.52. The number of hydrogen-bond acceptors (Lipinski definition) is 6. The Kier molecular flexibility index (Phi) is 5.90. The van der Waals surface area contributed by atoms with Gasteiger partial charge in [-0.1, -0.05) is 35.9 Å². The van der Waals surface area contributed by atoms with E-state index < -0.39 is 5.92 Å². The molecule has 32 heavy (non-hydrogen) atoms. The number of hydrogen-bond donors (Lipinski definition) is 1. The maximum atomic E-state index is 12.9. The van der Waals surface area contributed by atoms with E-state index in [2.05, 4.69) is 12.1 Å². The van der Waals surface area contributed by atoms with E-state index in [1.165, 1.54) is 0 Å². The zero-order valence-electron chi connectivity index (χ0n) is 17.6. The highest BCUT2D eigenvalue weighted by atomic mass is 35.5. The van der Waals surface area contributed by atoms with Crippen LogP contribution in [0.4, 0.5) is 0 Å². The Morgan fingerprint density at radius 2 is 1.97 bits per heavy atom. The fourth-order valence-electron chi connectivity index (χ4n) is 4.32. The van der Waals surface area contributed by atoms with Gasteiger partial charge in [0.05, 0.1) is 34.2 Å². The van der Waals surface area contributed by atoms with E-state index in [4.69, 9.17) is 22.1 Å². The standard InChI is InChI=1S/C25H21ClN4O2/c1-30-20-7-4-8-21(31)24(20)23(18(13-28)25(30)29)15-9-10-22(19(26)11-15)32-14-17-6-3-2-5-16(17)12-27/h2-3,5-6,9-11,23H,4,7-8,14,29H2,1H3/t23-/m1/s1. The van der Waals surface area contributed by atoms with Crippen molar-refractivity contribution in [2.24, 2.45) is 5.73 Å². The summed E-state index contributed by atoms with van der Waals surface area (Å²) >= 11 is 6.52. The Labute approximate surface area is 191 Å². The number of nitrogens with zero attached hydrogens (tertiary/aromatic N) is 3. The van der Waals surface area contributed by atoms with Crippen molar-refractivity contribution in [1.82, 2.24) is 4.90 Å². The minimum atomic E-state index is -0.551. The molecule has 0 amide bonds. The van der Waals surface area contributed by atoms with Crippen molar-refractivity contribution in [3.8, 4) is 17.9 Å². The van der Waals surface area contributed by atoms with Crippen LogP contribution in [0.3, 0.4) is 0 Å². The summed E-state index contributed by atoms with van der Waals surface area (Å²) in [5, 5.41) is 19.4. The number of carbonyl (C=O) groups excluding carboxylic acids is 1. The van der Waals surface area contributed by atoms with Gasteiger partial charge in [-0.25, -0.2) is 0 Å². The van der Waals surface area contributed by atoms with Gasteiger partial charge in [-0.2, -0.15) is 10.5 Å². The molecule has 7 heteroatoms. The van der Waals surface area contributed by atoms with Crippen molar-refractivity contribution < 1.29 is 9.53 Å². The number of nitrogens with two attached hydrogens (primary N) is 1. The van der Waals surface area contributed by atoms with E-state index >= 15 is 0 Å². The van der Waals surface area contributed by atoms with Crippen LogP contribution in [0.25, 0.3) is 0 Å². The molecule has 4 rings (SSSR count). The van der Waals surface area contributed by atoms with Crippen molar-refractivity contribution in [2.75, 3.05) is 7.05 Å². The first-order valence-corrected chi connectivity index (χ1v) is 10.6. The quantitative estimate of drug-likeness (QED) is 0.743. The number of carbonyl (C=O) groups is 1. The fourth-order valence-corrected chi connectivity index (χ4v) is 4.56. The molecule has 1 atom stereocenters. The number of Topliss-reactive ketones (excluding diaryl/α,β-unsaturated/α-hetero) is 1. The first-order chi connectivity index (χ1) is 15.5. The number of halogens is 1. The lowest BCUT2D eigenvalue weighted by atomic mass is 9.76. The molecule has 0 aromatic heterocycles. The second-order valence-electron chi connectivity index (χ2n) is 7.79. The highest BCUT2D eigenvalue weighted by Crippen LogP contribution is 2.45. The molecule has 0 saturated heterocycles. The van der Waals surface area contributed by atoms with Crippen LogP contribution >= 0.6 is 11.6 Å². The number of allylic oxidation sites excluding steroid dienone is 3. The van der Waals surface area contributed by atoms with Crippen LogP contribution in [0, 0.1) is 22.7 Å². The van der Waals surface area contributed by atoms with Gasteiger partial charge in [0.1, 0.15) is 18.2 Å². The highest BCUT2D eigenvalue weighted by Gasteiger charge is 2.38. The molecule has 0 spiro atoms. The summed E-state index contributed by atoms with van der Waals surface area (Å²) in [6.45, 7) is 0.196. The van der Waals surface area contributed by atoms with Crippen LogP contribution < -0.4 is 10.5 Å². The molecule has 1 aliphatic heterocycles. The Hall–Kier alpha value is -3.74. The summed E-state index contributed by atoms with van der Waals surface area (Å²) in [5.74, 6) is 0.295. The average Bonchev–Trinajstić information content (AvgIpc) is 2.80. The van der Waals surface area contributed by atoms with Gasteiger partial charge < -0.3 is 15.4 Å². The van der Waals surface area contributed by atoms with Crippen LogP contribution in [0.1, 0.15) is 41.9 Å². The van der Waals surface area contributed by atoms with Gasteiger partial charge in [-0.3, -0.25) is 4.79 Å². The number of ether oxygens (including phenoxy) is 1. The number of benzene rings is 2. The van der Waals surface area contributed by atoms with E-state index in [1.54, 1.807) is 36.2 Å². The van der Waals surface area contributed by atoms with Crippen LogP contribution in [-0.2, 0) is 11.4 Å². The molecule has 2 aliphatic rings. The van der Waals surface area contributed by atoms with E-state index in [1.807, 2.05) is 18.2 Å². The van der Waals surface area contributed by atoms with Gasteiger partial charge in [0.2, 0.25) is 0 Å². The third kappa shape index (κ3) is 3.70. The van der Waals surface area contributed by atoms with Crippen LogP contribution in [0.5, 0.6) is 5.75 Å². The van der Waals surface area contributed by atoms with E-state index in [9.17, 15) is 15.3 Å². The summed E-state index contributed by atoms with van der Waals surface area (Å²) < 4.78 is 5.85. The zero-order chi connectivity index (χ0) is 22.8. The summed E-state index contributed by atoms with van der Waals surface area (Å²) in [7, 11) is 1.79. The van der Waals surface area contributed by atoms with Crippen molar-refractivity contribution in [3.05, 3.63) is 86.8 Å². The normalized spacial score (nSPS) is 18.2. The summed E-state index contributed by atoms with van der Waals surface area (Å²) in [4.78, 5) is 14.6. The van der Waals surface area contributed by atoms with Gasteiger partial charge in [0, 0.05) is 30.3 Å². The van der Waals surface area contributed by atoms with Crippen LogP contribution in [-0.4, -0.2) is 17.7 Å². The van der Waals surface area contributed by atoms with Gasteiger partial charge >= 0.3 is 0 Å². The lowest BCUT2D eigenvalue weighted by molar-refractivity contribution is -0.116. The molecule has 2 aromatic rings. The molecule has 1 aliphatic carbocycles. The molecule has 1 heterocycles. The Balaban J connectivity index is 1.68. The molecule has 2 aromatic carbocycles. The van der Waals surface area contributed by atoms with Crippen molar-refractivity contribution >= 4 is 17.4 Å². The van der Waals surface area contributed by atoms with Crippen LogP contribution in [0.2, 0.25) is 5.02 Å². The SMILES string of the molecule is CN1C(N)=C(C#N)[C@@H](c2ccc(OCc3ccccc3C#N)c(Cl)c2)C2=C1CCCC2=O. The first kappa shape index (κ1) is 21.5. The van der Waals surface area contributed by atoms with E-state index in [0.717, 1.165) is 29.7 Å². The average molecular weight is 445 g/mol. The van der Waals surface area contributed by atoms with Gasteiger partial charge in [-0.05, 0) is 36.6 Å². The van der Waals surface area contributed by atoms with Gasteiger partial charge in [0.15, 0.2) is 5.78 Å². The molecule has 160 valence electrons. The predicted molar refractivity (Wildman–Crippen MR) is 120 cm³/mol. The Bertz CT molecular complexity index is 1250. The molecule has 6 nitrogen and oxygen atoms in total.